The zero-order chi connectivity index (χ0) is 12.5. The quantitative estimate of drug-likeness (QED) is 0.782. The molecule has 1 aliphatic carbocycles. The number of hydrogen-bond acceptors (Lipinski definition) is 2. The van der Waals surface area contributed by atoms with Crippen LogP contribution >= 0.6 is 15.9 Å². The largest absolute Gasteiger partial charge is 0.494 e. The number of hydrogen-bond donors (Lipinski definition) is 0. The first-order valence-corrected chi connectivity index (χ1v) is 6.99. The zero-order valence-corrected chi connectivity index (χ0v) is 12.2. The highest BCUT2D eigenvalue weighted by atomic mass is 79.9. The van der Waals surface area contributed by atoms with Crippen molar-refractivity contribution in [2.45, 2.75) is 38.1 Å². The van der Waals surface area contributed by atoms with Gasteiger partial charge in [-0.2, -0.15) is 0 Å². The first-order valence-electron chi connectivity index (χ1n) is 6.07. The number of benzene rings is 1. The van der Waals surface area contributed by atoms with Gasteiger partial charge in [0.15, 0.2) is 0 Å². The van der Waals surface area contributed by atoms with Crippen LogP contribution in [0, 0.1) is 5.41 Å². The highest BCUT2D eigenvalue weighted by Gasteiger charge is 2.48. The SMILES string of the molecule is CCOc1ccc(OC2CC(Br)C2(C)C)cc1. The van der Waals surface area contributed by atoms with Gasteiger partial charge < -0.3 is 9.47 Å². The van der Waals surface area contributed by atoms with E-state index < -0.39 is 0 Å². The van der Waals surface area contributed by atoms with Crippen LogP contribution in [0.3, 0.4) is 0 Å². The van der Waals surface area contributed by atoms with E-state index in [4.69, 9.17) is 9.47 Å². The molecule has 2 atom stereocenters. The van der Waals surface area contributed by atoms with Gasteiger partial charge >= 0.3 is 0 Å². The first-order chi connectivity index (χ1) is 8.04. The summed E-state index contributed by atoms with van der Waals surface area (Å²) in [6.45, 7) is 7.14. The lowest BCUT2D eigenvalue weighted by atomic mass is 9.69. The number of halogens is 1. The van der Waals surface area contributed by atoms with E-state index in [1.165, 1.54) is 0 Å². The Hall–Kier alpha value is -0.700. The molecule has 17 heavy (non-hydrogen) atoms. The van der Waals surface area contributed by atoms with E-state index in [0.29, 0.717) is 17.5 Å². The highest BCUT2D eigenvalue weighted by molar-refractivity contribution is 9.09. The van der Waals surface area contributed by atoms with Crippen LogP contribution in [0.5, 0.6) is 11.5 Å². The van der Waals surface area contributed by atoms with Crippen molar-refractivity contribution in [2.75, 3.05) is 6.61 Å². The third-order valence-electron chi connectivity index (χ3n) is 3.47. The molecule has 94 valence electrons. The Labute approximate surface area is 111 Å². The van der Waals surface area contributed by atoms with Crippen LogP contribution in [0.15, 0.2) is 24.3 Å². The average Bonchev–Trinajstić information content (AvgIpc) is 2.31. The Kier molecular flexibility index (Phi) is 3.67. The van der Waals surface area contributed by atoms with Crippen molar-refractivity contribution in [3.63, 3.8) is 0 Å². The molecule has 0 aromatic heterocycles. The fourth-order valence-corrected chi connectivity index (χ4v) is 2.62. The minimum atomic E-state index is 0.207. The molecule has 2 unspecified atom stereocenters. The third kappa shape index (κ3) is 2.59. The summed E-state index contributed by atoms with van der Waals surface area (Å²) in [5.41, 5.74) is 0.207. The Bertz CT molecular complexity index is 372. The molecule has 0 bridgehead atoms. The normalized spacial score (nSPS) is 26.1. The second-order valence-corrected chi connectivity index (χ2v) is 6.14. The van der Waals surface area contributed by atoms with E-state index in [1.54, 1.807) is 0 Å². The van der Waals surface area contributed by atoms with Gasteiger partial charge in [-0.15, -0.1) is 0 Å². The number of alkyl halides is 1. The van der Waals surface area contributed by atoms with Crippen LogP contribution in [0.25, 0.3) is 0 Å². The molecule has 1 aliphatic rings. The first kappa shape index (κ1) is 12.7. The summed E-state index contributed by atoms with van der Waals surface area (Å²) in [5, 5.41) is 0. The van der Waals surface area contributed by atoms with Crippen LogP contribution in [-0.4, -0.2) is 17.5 Å². The monoisotopic (exact) mass is 298 g/mol. The van der Waals surface area contributed by atoms with Gasteiger partial charge in [-0.1, -0.05) is 29.8 Å². The van der Waals surface area contributed by atoms with Crippen molar-refractivity contribution in [2.24, 2.45) is 5.41 Å². The van der Waals surface area contributed by atoms with Crippen molar-refractivity contribution in [3.8, 4) is 11.5 Å². The van der Waals surface area contributed by atoms with Gasteiger partial charge in [-0.25, -0.2) is 0 Å². The zero-order valence-electron chi connectivity index (χ0n) is 10.6. The summed E-state index contributed by atoms with van der Waals surface area (Å²) >= 11 is 3.67. The van der Waals surface area contributed by atoms with E-state index in [1.807, 2.05) is 31.2 Å². The molecule has 0 amide bonds. The Balaban J connectivity index is 1.96. The summed E-state index contributed by atoms with van der Waals surface area (Å²) in [6.07, 6.45) is 1.37. The predicted molar refractivity (Wildman–Crippen MR) is 73.1 cm³/mol. The maximum atomic E-state index is 5.98. The topological polar surface area (TPSA) is 18.5 Å². The van der Waals surface area contributed by atoms with E-state index in [-0.39, 0.29) is 5.41 Å². The van der Waals surface area contributed by atoms with Gasteiger partial charge in [-0.05, 0) is 37.6 Å². The third-order valence-corrected chi connectivity index (χ3v) is 5.03. The Morgan fingerprint density at radius 3 is 2.29 bits per heavy atom. The lowest BCUT2D eigenvalue weighted by molar-refractivity contribution is -0.00782. The van der Waals surface area contributed by atoms with Gasteiger partial charge in [0.2, 0.25) is 0 Å². The number of rotatable bonds is 4. The molecule has 0 heterocycles. The molecule has 1 saturated carbocycles. The molecule has 1 aromatic rings. The molecular weight excluding hydrogens is 280 g/mol. The smallest absolute Gasteiger partial charge is 0.120 e. The summed E-state index contributed by atoms with van der Waals surface area (Å²) < 4.78 is 11.4. The average molecular weight is 299 g/mol. The van der Waals surface area contributed by atoms with Crippen LogP contribution in [-0.2, 0) is 0 Å². The summed E-state index contributed by atoms with van der Waals surface area (Å²) in [6, 6.07) is 7.86. The predicted octanol–water partition coefficient (Wildman–Crippen LogP) is 4.03. The van der Waals surface area contributed by atoms with Crippen LogP contribution in [0.1, 0.15) is 27.2 Å². The molecule has 1 fully saturated rings. The maximum absolute atomic E-state index is 5.98. The van der Waals surface area contributed by atoms with Gasteiger partial charge in [0, 0.05) is 10.2 Å². The fourth-order valence-electron chi connectivity index (χ4n) is 1.98. The van der Waals surface area contributed by atoms with E-state index in [2.05, 4.69) is 29.8 Å². The Morgan fingerprint density at radius 2 is 1.82 bits per heavy atom. The minimum absolute atomic E-state index is 0.207. The van der Waals surface area contributed by atoms with Gasteiger partial charge in [-0.3, -0.25) is 0 Å². The van der Waals surface area contributed by atoms with Crippen LogP contribution < -0.4 is 9.47 Å². The van der Waals surface area contributed by atoms with E-state index >= 15 is 0 Å². The Morgan fingerprint density at radius 1 is 1.24 bits per heavy atom. The molecule has 0 aliphatic heterocycles. The van der Waals surface area contributed by atoms with Crippen LogP contribution in [0.2, 0.25) is 0 Å². The lowest BCUT2D eigenvalue weighted by Crippen LogP contribution is -2.53. The lowest BCUT2D eigenvalue weighted by Gasteiger charge is -2.48. The fraction of sp³-hybridized carbons (Fsp3) is 0.571. The molecule has 0 saturated heterocycles. The van der Waals surface area contributed by atoms with Crippen LogP contribution in [0.4, 0.5) is 0 Å². The molecular formula is C14H19BrO2. The van der Waals surface area contributed by atoms with Crippen molar-refractivity contribution >= 4 is 15.9 Å². The summed E-state index contributed by atoms with van der Waals surface area (Å²) in [5.74, 6) is 1.82. The number of ether oxygens (including phenoxy) is 2. The molecule has 0 radical (unpaired) electrons. The van der Waals surface area contributed by atoms with Gasteiger partial charge in [0.05, 0.1) is 6.61 Å². The molecule has 2 rings (SSSR count). The second-order valence-electron chi connectivity index (χ2n) is 5.04. The highest BCUT2D eigenvalue weighted by Crippen LogP contribution is 2.47. The van der Waals surface area contributed by atoms with Crippen molar-refractivity contribution in [1.29, 1.82) is 0 Å². The molecule has 1 aromatic carbocycles. The maximum Gasteiger partial charge on any atom is 0.120 e. The second kappa shape index (κ2) is 4.89. The summed E-state index contributed by atoms with van der Waals surface area (Å²) in [7, 11) is 0. The van der Waals surface area contributed by atoms with Gasteiger partial charge in [0.1, 0.15) is 17.6 Å². The van der Waals surface area contributed by atoms with Crippen molar-refractivity contribution in [1.82, 2.24) is 0 Å². The molecule has 0 N–H and O–H groups in total. The standard InChI is InChI=1S/C14H19BrO2/c1-4-16-10-5-7-11(8-6-10)17-13-9-12(15)14(13,2)3/h5-8,12-13H,4,9H2,1-3H3. The molecule has 3 heteroatoms. The van der Waals surface area contributed by atoms with Crippen molar-refractivity contribution < 1.29 is 9.47 Å². The molecule has 0 spiro atoms. The van der Waals surface area contributed by atoms with E-state index in [0.717, 1.165) is 17.9 Å². The van der Waals surface area contributed by atoms with Gasteiger partial charge in [0.25, 0.3) is 0 Å². The van der Waals surface area contributed by atoms with Crippen molar-refractivity contribution in [3.05, 3.63) is 24.3 Å². The van der Waals surface area contributed by atoms with E-state index in [9.17, 15) is 0 Å². The molecule has 2 nitrogen and oxygen atoms in total. The summed E-state index contributed by atoms with van der Waals surface area (Å²) in [4.78, 5) is 0.558. The minimum Gasteiger partial charge on any atom is -0.494 e.